The molecule has 0 heterocycles. The van der Waals surface area contributed by atoms with Crippen molar-refractivity contribution in [2.24, 2.45) is 0 Å². The third-order valence-electron chi connectivity index (χ3n) is 11.6. The van der Waals surface area contributed by atoms with Crippen LogP contribution in [0.2, 0.25) is 0 Å². The summed E-state index contributed by atoms with van der Waals surface area (Å²) in [6.07, 6.45) is 9.12. The quantitative estimate of drug-likeness (QED) is 0.150. The molecule has 0 spiro atoms. The molecule has 9 aromatic carbocycles. The Morgan fingerprint density at radius 3 is 1.11 bits per heavy atom. The SMILES string of the molecule is CC.Cc1cc(-c2ccccc2)cc(-c2cc(-c3cccc(C4=CCCC=C4)c3)cc(-c3cccc(-c4cccc(-c5ccccc5)c4)c3)c2)c1.N#Cc1ccc(-c2ccccc2)cc1. The predicted molar refractivity (Wildman–Crippen MR) is 278 cm³/mol. The summed E-state index contributed by atoms with van der Waals surface area (Å²) in [5.41, 5.74) is 21.5. The molecule has 0 aromatic heterocycles. The van der Waals surface area contributed by atoms with Crippen molar-refractivity contribution in [2.75, 3.05) is 0 Å². The number of rotatable bonds is 8. The van der Waals surface area contributed by atoms with Gasteiger partial charge in [0.1, 0.15) is 0 Å². The van der Waals surface area contributed by atoms with Crippen LogP contribution in [0.1, 0.15) is 43.4 Å². The minimum Gasteiger partial charge on any atom is -0.192 e. The van der Waals surface area contributed by atoms with Crippen LogP contribution in [0.4, 0.5) is 0 Å². The molecule has 1 aliphatic rings. The minimum atomic E-state index is 0.699. The highest BCUT2D eigenvalue weighted by Crippen LogP contribution is 2.38. The maximum absolute atomic E-state index is 8.65. The lowest BCUT2D eigenvalue weighted by Gasteiger charge is -2.15. The zero-order valence-electron chi connectivity index (χ0n) is 37.5. The van der Waals surface area contributed by atoms with E-state index in [1.54, 1.807) is 0 Å². The molecule has 0 bridgehead atoms. The molecule has 9 aromatic rings. The van der Waals surface area contributed by atoms with Crippen LogP contribution in [0.25, 0.3) is 83.5 Å². The average molecular weight is 836 g/mol. The molecule has 0 aliphatic heterocycles. The number of hydrogen-bond acceptors (Lipinski definition) is 1. The third-order valence-corrected chi connectivity index (χ3v) is 11.6. The van der Waals surface area contributed by atoms with E-state index >= 15 is 0 Å². The Morgan fingerprint density at radius 2 is 0.646 bits per heavy atom. The van der Waals surface area contributed by atoms with Crippen molar-refractivity contribution in [3.8, 4) is 84.0 Å². The second kappa shape index (κ2) is 21.4. The molecule has 0 fully saturated rings. The molecule has 0 saturated carbocycles. The normalized spacial score (nSPS) is 11.5. The van der Waals surface area contributed by atoms with Crippen molar-refractivity contribution in [1.82, 2.24) is 0 Å². The zero-order valence-corrected chi connectivity index (χ0v) is 37.5. The lowest BCUT2D eigenvalue weighted by atomic mass is 9.89. The van der Waals surface area contributed by atoms with Gasteiger partial charge in [-0.2, -0.15) is 5.26 Å². The Morgan fingerprint density at radius 1 is 0.323 bits per heavy atom. The van der Waals surface area contributed by atoms with E-state index in [1.807, 2.05) is 56.3 Å². The van der Waals surface area contributed by atoms with Gasteiger partial charge in [-0.25, -0.2) is 0 Å². The standard InChI is InChI=1S/C49H38.C13H9N.C2H6/c1-35-26-45(38-18-9-4-10-19-38)31-46(27-35)49-33-47(43-24-12-21-40(29-43)37-16-7-3-8-17-37)32-48(34-49)44-25-13-23-42(30-44)41-22-11-20-39(28-41)36-14-5-2-6-15-36;14-10-11-6-8-13(9-7-11)12-4-2-1-3-5-12;1-2/h2,4-7,9-34H,3,8H2,1H3;1-9H;1-2H3. The van der Waals surface area contributed by atoms with Gasteiger partial charge in [-0.1, -0.05) is 202 Å². The molecule has 1 nitrogen and oxygen atoms in total. The molecular formula is C64H53N. The van der Waals surface area contributed by atoms with E-state index in [0.717, 1.165) is 18.4 Å². The zero-order chi connectivity index (χ0) is 44.8. The molecule has 0 radical (unpaired) electrons. The van der Waals surface area contributed by atoms with Crippen LogP contribution in [-0.4, -0.2) is 0 Å². The van der Waals surface area contributed by atoms with Crippen LogP contribution in [-0.2, 0) is 0 Å². The van der Waals surface area contributed by atoms with Crippen LogP contribution < -0.4 is 0 Å². The van der Waals surface area contributed by atoms with E-state index in [-0.39, 0.29) is 0 Å². The van der Waals surface area contributed by atoms with Gasteiger partial charge in [0.15, 0.2) is 0 Å². The third kappa shape index (κ3) is 11.0. The Balaban J connectivity index is 0.000000305. The first-order valence-electron chi connectivity index (χ1n) is 22.7. The van der Waals surface area contributed by atoms with Crippen molar-refractivity contribution in [1.29, 1.82) is 5.26 Å². The Labute approximate surface area is 386 Å². The number of nitrogens with zero attached hydrogens (tertiary/aromatic N) is 1. The number of nitriles is 1. The molecular weight excluding hydrogens is 783 g/mol. The van der Waals surface area contributed by atoms with Gasteiger partial charge in [-0.3, -0.25) is 0 Å². The highest BCUT2D eigenvalue weighted by Gasteiger charge is 2.12. The van der Waals surface area contributed by atoms with E-state index in [9.17, 15) is 0 Å². The molecule has 65 heavy (non-hydrogen) atoms. The van der Waals surface area contributed by atoms with Crippen molar-refractivity contribution in [2.45, 2.75) is 33.6 Å². The fourth-order valence-electron chi connectivity index (χ4n) is 8.34. The number of benzene rings is 9. The maximum Gasteiger partial charge on any atom is 0.0991 e. The summed E-state index contributed by atoms with van der Waals surface area (Å²) in [5.74, 6) is 0. The van der Waals surface area contributed by atoms with Gasteiger partial charge in [0.2, 0.25) is 0 Å². The minimum absolute atomic E-state index is 0.699. The van der Waals surface area contributed by atoms with E-state index < -0.39 is 0 Å². The van der Waals surface area contributed by atoms with Gasteiger partial charge in [-0.15, -0.1) is 0 Å². The first-order chi connectivity index (χ1) is 32.1. The maximum atomic E-state index is 8.65. The van der Waals surface area contributed by atoms with Crippen molar-refractivity contribution >= 4 is 5.57 Å². The van der Waals surface area contributed by atoms with Gasteiger partial charge < -0.3 is 0 Å². The highest BCUT2D eigenvalue weighted by molar-refractivity contribution is 5.86. The summed E-state index contributed by atoms with van der Waals surface area (Å²) < 4.78 is 0. The number of hydrogen-bond donors (Lipinski definition) is 0. The smallest absolute Gasteiger partial charge is 0.0991 e. The molecule has 0 N–H and O–H groups in total. The molecule has 1 heteroatoms. The topological polar surface area (TPSA) is 23.8 Å². The number of allylic oxidation sites excluding steroid dienone is 4. The first-order valence-corrected chi connectivity index (χ1v) is 22.7. The summed E-state index contributed by atoms with van der Waals surface area (Å²) in [6, 6.07) is 82.0. The van der Waals surface area contributed by atoms with Gasteiger partial charge in [0.25, 0.3) is 0 Å². The molecule has 0 unspecified atom stereocenters. The van der Waals surface area contributed by atoms with Crippen molar-refractivity contribution in [3.63, 3.8) is 0 Å². The first kappa shape index (κ1) is 43.6. The lowest BCUT2D eigenvalue weighted by Crippen LogP contribution is -1.90. The summed E-state index contributed by atoms with van der Waals surface area (Å²) in [4.78, 5) is 0. The summed E-state index contributed by atoms with van der Waals surface area (Å²) in [7, 11) is 0. The van der Waals surface area contributed by atoms with Crippen LogP contribution in [0, 0.1) is 18.3 Å². The average Bonchev–Trinajstić information content (AvgIpc) is 3.40. The second-order valence-corrected chi connectivity index (χ2v) is 16.1. The molecule has 314 valence electrons. The van der Waals surface area contributed by atoms with Crippen LogP contribution in [0.15, 0.2) is 243 Å². The summed E-state index contributed by atoms with van der Waals surface area (Å²) in [6.45, 7) is 6.20. The lowest BCUT2D eigenvalue weighted by molar-refractivity contribution is 1.04. The van der Waals surface area contributed by atoms with E-state index in [2.05, 4.69) is 213 Å². The fraction of sp³-hybridized carbons (Fsp3) is 0.0781. The highest BCUT2D eigenvalue weighted by atomic mass is 14.2. The molecule has 1 aliphatic carbocycles. The van der Waals surface area contributed by atoms with Crippen LogP contribution in [0.3, 0.4) is 0 Å². The molecule has 0 saturated heterocycles. The van der Waals surface area contributed by atoms with E-state index in [0.29, 0.717) is 5.56 Å². The summed E-state index contributed by atoms with van der Waals surface area (Å²) in [5, 5.41) is 8.65. The van der Waals surface area contributed by atoms with Gasteiger partial charge in [-0.05, 0) is 169 Å². The monoisotopic (exact) mass is 835 g/mol. The van der Waals surface area contributed by atoms with Crippen LogP contribution >= 0.6 is 0 Å². The Hall–Kier alpha value is -8.05. The molecule has 0 atom stereocenters. The molecule has 10 rings (SSSR count). The van der Waals surface area contributed by atoms with E-state index in [4.69, 9.17) is 5.26 Å². The van der Waals surface area contributed by atoms with Gasteiger partial charge in [0, 0.05) is 0 Å². The fourth-order valence-corrected chi connectivity index (χ4v) is 8.34. The van der Waals surface area contributed by atoms with E-state index in [1.165, 1.54) is 89.0 Å². The number of aryl methyl sites for hydroxylation is 1. The largest absolute Gasteiger partial charge is 0.192 e. The Bertz CT molecular complexity index is 3090. The summed E-state index contributed by atoms with van der Waals surface area (Å²) >= 11 is 0. The van der Waals surface area contributed by atoms with Gasteiger partial charge >= 0.3 is 0 Å². The second-order valence-electron chi connectivity index (χ2n) is 16.1. The van der Waals surface area contributed by atoms with Crippen molar-refractivity contribution in [3.05, 3.63) is 259 Å². The van der Waals surface area contributed by atoms with Crippen LogP contribution in [0.5, 0.6) is 0 Å². The molecule has 0 amide bonds. The van der Waals surface area contributed by atoms with Gasteiger partial charge in [0.05, 0.1) is 11.6 Å². The predicted octanol–water partition coefficient (Wildman–Crippen LogP) is 18.0. The van der Waals surface area contributed by atoms with Crippen molar-refractivity contribution < 1.29 is 0 Å². The Kier molecular flexibility index (Phi) is 14.3.